The summed E-state index contributed by atoms with van der Waals surface area (Å²) in [5.74, 6) is 2.24. The molecule has 0 aromatic heterocycles. The zero-order chi connectivity index (χ0) is 41.1. The van der Waals surface area contributed by atoms with Crippen LogP contribution >= 0.6 is 0 Å². The van der Waals surface area contributed by atoms with Crippen LogP contribution in [-0.4, -0.2) is 18.0 Å². The smallest absolute Gasteiger partial charge is 0.227 e. The number of ketones is 1. The van der Waals surface area contributed by atoms with Gasteiger partial charge in [0, 0.05) is 11.1 Å². The van der Waals surface area contributed by atoms with Gasteiger partial charge in [-0.05, 0) is 120 Å². The van der Waals surface area contributed by atoms with Crippen LogP contribution in [0.2, 0.25) is 0 Å². The van der Waals surface area contributed by atoms with Gasteiger partial charge in [0.25, 0.3) is 0 Å². The first kappa shape index (κ1) is 48.6. The Hall–Kier alpha value is -2.55. The first-order chi connectivity index (χ1) is 26.4. The van der Waals surface area contributed by atoms with Crippen molar-refractivity contribution in [3.8, 4) is 5.75 Å². The first-order valence-electron chi connectivity index (χ1n) is 23.2. The van der Waals surface area contributed by atoms with Gasteiger partial charge in [0.2, 0.25) is 5.78 Å². The molecule has 6 unspecified atom stereocenters. The van der Waals surface area contributed by atoms with Crippen LogP contribution in [0.25, 0.3) is 6.08 Å². The summed E-state index contributed by atoms with van der Waals surface area (Å²) in [6.45, 7) is 27.6. The van der Waals surface area contributed by atoms with Gasteiger partial charge in [0.1, 0.15) is 5.75 Å². The highest BCUT2D eigenvalue weighted by Crippen LogP contribution is 2.45. The molecule has 2 rings (SSSR count). The highest BCUT2D eigenvalue weighted by Gasteiger charge is 2.33. The first-order valence-corrected chi connectivity index (χ1v) is 23.2. The zero-order valence-corrected chi connectivity index (χ0v) is 38.3. The minimum Gasteiger partial charge on any atom is -0.504 e. The fourth-order valence-corrected chi connectivity index (χ4v) is 8.96. The van der Waals surface area contributed by atoms with Gasteiger partial charge in [0.15, 0.2) is 5.76 Å². The van der Waals surface area contributed by atoms with Crippen LogP contribution in [0.1, 0.15) is 283 Å². The Morgan fingerprint density at radius 2 is 0.909 bits per heavy atom. The summed E-state index contributed by atoms with van der Waals surface area (Å²) >= 11 is 0. The number of aliphatic hydroxyl groups is 1. The quantitative estimate of drug-likeness (QED) is 0.0534. The second kappa shape index (κ2) is 25.7. The van der Waals surface area contributed by atoms with E-state index in [4.69, 9.17) is 4.74 Å². The lowest BCUT2D eigenvalue weighted by Crippen LogP contribution is -2.20. The van der Waals surface area contributed by atoms with E-state index in [9.17, 15) is 5.11 Å². The monoisotopic (exact) mass is 759 g/mol. The van der Waals surface area contributed by atoms with E-state index in [0.29, 0.717) is 17.8 Å². The molecule has 3 nitrogen and oxygen atoms in total. The van der Waals surface area contributed by atoms with E-state index in [2.05, 4.69) is 101 Å². The number of aliphatic hydroxyl groups excluding tert-OH is 1. The lowest BCUT2D eigenvalue weighted by Gasteiger charge is -2.32. The molecule has 0 saturated carbocycles. The number of benzene rings is 2. The van der Waals surface area contributed by atoms with E-state index >= 15 is 4.79 Å². The van der Waals surface area contributed by atoms with Gasteiger partial charge in [-0.3, -0.25) is 4.79 Å². The molecule has 1 N–H and O–H groups in total. The Balaban J connectivity index is 3.15. The molecule has 0 saturated heterocycles. The highest BCUT2D eigenvalue weighted by atomic mass is 16.5. The minimum atomic E-state index is -0.194. The molecule has 2 aromatic rings. The maximum atomic E-state index is 15.5. The molecule has 6 atom stereocenters. The topological polar surface area (TPSA) is 46.5 Å². The van der Waals surface area contributed by atoms with Crippen LogP contribution in [0, 0.1) is 0 Å². The fourth-order valence-electron chi connectivity index (χ4n) is 8.96. The van der Waals surface area contributed by atoms with Crippen molar-refractivity contribution in [3.05, 3.63) is 68.5 Å². The van der Waals surface area contributed by atoms with Gasteiger partial charge >= 0.3 is 0 Å². The van der Waals surface area contributed by atoms with Gasteiger partial charge < -0.3 is 9.84 Å². The summed E-state index contributed by atoms with van der Waals surface area (Å²) < 4.78 is 6.14. The molecule has 0 bridgehead atoms. The van der Waals surface area contributed by atoms with Crippen molar-refractivity contribution in [2.24, 2.45) is 0 Å². The minimum absolute atomic E-state index is 0.136. The zero-order valence-electron chi connectivity index (χ0n) is 38.3. The summed E-state index contributed by atoms with van der Waals surface area (Å²) in [5, 5.41) is 12.4. The maximum absolute atomic E-state index is 15.5. The number of carbonyl (C=O) groups is 1. The summed E-state index contributed by atoms with van der Waals surface area (Å²) in [6, 6.07) is 7.02. The summed E-state index contributed by atoms with van der Waals surface area (Å²) in [7, 11) is 1.77. The Morgan fingerprint density at radius 3 is 1.29 bits per heavy atom. The SMILES string of the molecule is CCCCC(C)c1cc(C=C(O)C(=O)c2c(C(C)CCCC)c(C(C)CCCC)cc(C(C)CCCC)c2C(C)CCCC)c(C(C)CCCC)c(OC)c1. The number of rotatable bonds is 28. The predicted molar refractivity (Wildman–Crippen MR) is 242 cm³/mol. The van der Waals surface area contributed by atoms with Gasteiger partial charge in [-0.1, -0.05) is 172 Å². The molecule has 0 radical (unpaired) electrons. The third kappa shape index (κ3) is 13.8. The number of ether oxygens (including phenoxy) is 1. The molecule has 55 heavy (non-hydrogen) atoms. The van der Waals surface area contributed by atoms with Gasteiger partial charge in [0.05, 0.1) is 7.11 Å². The molecule has 0 aliphatic heterocycles. The average molecular weight is 759 g/mol. The number of Topliss-reactive ketones (excluding diaryl/α,β-unsaturated/α-hetero) is 1. The van der Waals surface area contributed by atoms with Crippen LogP contribution in [0.15, 0.2) is 24.0 Å². The third-order valence-corrected chi connectivity index (χ3v) is 12.7. The second-order valence-electron chi connectivity index (χ2n) is 17.6. The molecule has 2 aromatic carbocycles. The van der Waals surface area contributed by atoms with E-state index < -0.39 is 0 Å². The van der Waals surface area contributed by atoms with Crippen molar-refractivity contribution in [1.82, 2.24) is 0 Å². The normalized spacial score (nSPS) is 15.4. The number of unbranched alkanes of at least 4 members (excludes halogenated alkanes) is 6. The molecular formula is C52H86O3. The van der Waals surface area contributed by atoms with E-state index in [1.165, 1.54) is 40.7 Å². The number of carbonyl (C=O) groups excluding carboxylic acids is 1. The number of hydrogen-bond acceptors (Lipinski definition) is 3. The molecule has 312 valence electrons. The number of hydrogen-bond donors (Lipinski definition) is 1. The molecule has 0 spiro atoms. The number of methoxy groups -OCH3 is 1. The Labute approximate surface area is 340 Å². The molecule has 3 heteroatoms. The Morgan fingerprint density at radius 1 is 0.545 bits per heavy atom. The Kier molecular flexibility index (Phi) is 22.7. The van der Waals surface area contributed by atoms with Crippen molar-refractivity contribution in [2.45, 2.75) is 234 Å². The van der Waals surface area contributed by atoms with Crippen molar-refractivity contribution in [2.75, 3.05) is 7.11 Å². The largest absolute Gasteiger partial charge is 0.504 e. The van der Waals surface area contributed by atoms with Crippen LogP contribution in [0.3, 0.4) is 0 Å². The standard InChI is InChI=1S/C52H86O3/c1-14-20-26-36(7)42-32-43(48(47(34-42)55-13)39(10)29-23-17-4)33-46(53)52(54)51-49(40(11)30-24-18-5)44(37(8)27-21-15-2)35-45(38(9)28-22-16-3)50(51)41(12)31-25-19-6/h32-41,53H,14-31H2,1-13H3. The van der Waals surface area contributed by atoms with Gasteiger partial charge in [-0.15, -0.1) is 0 Å². The van der Waals surface area contributed by atoms with Gasteiger partial charge in [-0.2, -0.15) is 0 Å². The van der Waals surface area contributed by atoms with Crippen LogP contribution in [-0.2, 0) is 0 Å². The highest BCUT2D eigenvalue weighted by molar-refractivity contribution is 6.12. The lowest BCUT2D eigenvalue weighted by atomic mass is 9.72. The second-order valence-corrected chi connectivity index (χ2v) is 17.6. The summed E-state index contributed by atoms with van der Waals surface area (Å²) in [5.41, 5.74) is 9.18. The van der Waals surface area contributed by atoms with Crippen molar-refractivity contribution in [3.63, 3.8) is 0 Å². The van der Waals surface area contributed by atoms with Gasteiger partial charge in [-0.25, -0.2) is 0 Å². The van der Waals surface area contributed by atoms with Crippen molar-refractivity contribution in [1.29, 1.82) is 0 Å². The summed E-state index contributed by atoms with van der Waals surface area (Å²) in [4.78, 5) is 15.5. The maximum Gasteiger partial charge on any atom is 0.227 e. The molecular weight excluding hydrogens is 673 g/mol. The van der Waals surface area contributed by atoms with Crippen molar-refractivity contribution < 1.29 is 14.6 Å². The molecule has 0 aliphatic rings. The number of allylic oxidation sites excluding steroid dienone is 1. The van der Waals surface area contributed by atoms with Crippen LogP contribution in [0.4, 0.5) is 0 Å². The van der Waals surface area contributed by atoms with Crippen molar-refractivity contribution >= 4 is 11.9 Å². The molecule has 0 heterocycles. The molecule has 0 amide bonds. The van der Waals surface area contributed by atoms with E-state index in [-0.39, 0.29) is 29.3 Å². The predicted octanol–water partition coefficient (Wildman–Crippen LogP) is 17.2. The fraction of sp³-hybridized carbons (Fsp3) is 0.712. The van der Waals surface area contributed by atoms with E-state index in [1.54, 1.807) is 7.11 Å². The average Bonchev–Trinajstić information content (AvgIpc) is 3.19. The van der Waals surface area contributed by atoms with E-state index in [0.717, 1.165) is 125 Å². The Bertz CT molecular complexity index is 1400. The summed E-state index contributed by atoms with van der Waals surface area (Å²) in [6.07, 6.45) is 21.9. The lowest BCUT2D eigenvalue weighted by molar-refractivity contribution is 0.0977. The third-order valence-electron chi connectivity index (χ3n) is 12.7. The van der Waals surface area contributed by atoms with Crippen LogP contribution in [0.5, 0.6) is 5.75 Å². The molecule has 0 fully saturated rings. The van der Waals surface area contributed by atoms with E-state index in [1.807, 2.05) is 6.08 Å². The van der Waals surface area contributed by atoms with Crippen LogP contribution < -0.4 is 4.74 Å². The molecule has 0 aliphatic carbocycles.